The summed E-state index contributed by atoms with van der Waals surface area (Å²) in [6.07, 6.45) is 4.05. The first-order chi connectivity index (χ1) is 10.2. The molecule has 1 aromatic heterocycles. The second-order valence-corrected chi connectivity index (χ2v) is 4.55. The van der Waals surface area contributed by atoms with Gasteiger partial charge in [0.25, 0.3) is 0 Å². The Morgan fingerprint density at radius 3 is 2.90 bits per heavy atom. The van der Waals surface area contributed by atoms with Gasteiger partial charge in [0.2, 0.25) is 0 Å². The van der Waals surface area contributed by atoms with Crippen LogP contribution in [0.1, 0.15) is 25.8 Å². The summed E-state index contributed by atoms with van der Waals surface area (Å²) in [5, 5.41) is 4.27. The van der Waals surface area contributed by atoms with Gasteiger partial charge in [0.1, 0.15) is 5.82 Å². The van der Waals surface area contributed by atoms with E-state index in [0.29, 0.717) is 6.61 Å². The number of carbonyl (C=O) groups excluding carboxylic acids is 1. The number of pyridine rings is 1. The quantitative estimate of drug-likeness (QED) is 0.823. The lowest BCUT2D eigenvalue weighted by Gasteiger charge is -2.06. The van der Waals surface area contributed by atoms with Crippen molar-refractivity contribution in [2.45, 2.75) is 20.3 Å². The van der Waals surface area contributed by atoms with Crippen molar-refractivity contribution < 1.29 is 9.53 Å². The molecular weight excluding hydrogens is 264 g/mol. The zero-order valence-electron chi connectivity index (χ0n) is 12.4. The average Bonchev–Trinajstić information content (AvgIpc) is 2.48. The minimum Gasteiger partial charge on any atom is -0.466 e. The van der Waals surface area contributed by atoms with Gasteiger partial charge in [0, 0.05) is 11.9 Å². The largest absolute Gasteiger partial charge is 0.466 e. The highest BCUT2D eigenvalue weighted by Crippen LogP contribution is 2.20. The highest BCUT2D eigenvalue weighted by molar-refractivity contribution is 5.89. The summed E-state index contributed by atoms with van der Waals surface area (Å²) < 4.78 is 4.90. The molecule has 0 aliphatic carbocycles. The van der Waals surface area contributed by atoms with Crippen molar-refractivity contribution in [3.05, 3.63) is 42.0 Å². The summed E-state index contributed by atoms with van der Waals surface area (Å²) >= 11 is 0. The van der Waals surface area contributed by atoms with Crippen LogP contribution in [0.25, 0.3) is 17.0 Å². The Morgan fingerprint density at radius 2 is 2.14 bits per heavy atom. The van der Waals surface area contributed by atoms with Crippen LogP contribution in [0.4, 0.5) is 5.82 Å². The molecule has 0 spiro atoms. The molecule has 4 heteroatoms. The van der Waals surface area contributed by atoms with E-state index in [1.54, 1.807) is 6.92 Å². The SMILES string of the molecule is CCNc1ccc2c(/C=C/CC(=O)OCC)cccc2n1. The molecule has 21 heavy (non-hydrogen) atoms. The maximum atomic E-state index is 11.3. The predicted molar refractivity (Wildman–Crippen MR) is 86.2 cm³/mol. The van der Waals surface area contributed by atoms with E-state index < -0.39 is 0 Å². The van der Waals surface area contributed by atoms with E-state index in [9.17, 15) is 4.79 Å². The van der Waals surface area contributed by atoms with Gasteiger partial charge >= 0.3 is 5.97 Å². The molecule has 0 bridgehead atoms. The van der Waals surface area contributed by atoms with Crippen LogP contribution in [-0.2, 0) is 9.53 Å². The van der Waals surface area contributed by atoms with Crippen molar-refractivity contribution in [2.24, 2.45) is 0 Å². The number of esters is 1. The Kier molecular flexibility index (Phi) is 5.32. The predicted octanol–water partition coefficient (Wildman–Crippen LogP) is 3.63. The monoisotopic (exact) mass is 284 g/mol. The normalized spacial score (nSPS) is 11.0. The van der Waals surface area contributed by atoms with Crippen molar-refractivity contribution in [1.29, 1.82) is 0 Å². The second-order valence-electron chi connectivity index (χ2n) is 4.55. The molecule has 2 aromatic rings. The average molecular weight is 284 g/mol. The number of nitrogens with one attached hydrogen (secondary N) is 1. The van der Waals surface area contributed by atoms with Gasteiger partial charge < -0.3 is 10.1 Å². The maximum absolute atomic E-state index is 11.3. The Hall–Kier alpha value is -2.36. The Labute approximate surface area is 124 Å². The van der Waals surface area contributed by atoms with Crippen LogP contribution >= 0.6 is 0 Å². The van der Waals surface area contributed by atoms with Crippen LogP contribution in [-0.4, -0.2) is 24.1 Å². The number of nitrogens with zero attached hydrogens (tertiary/aromatic N) is 1. The summed E-state index contributed by atoms with van der Waals surface area (Å²) in [4.78, 5) is 15.9. The molecule has 110 valence electrons. The molecule has 0 fully saturated rings. The number of anilines is 1. The topological polar surface area (TPSA) is 51.2 Å². The fourth-order valence-corrected chi connectivity index (χ4v) is 2.11. The van der Waals surface area contributed by atoms with Crippen LogP contribution < -0.4 is 5.32 Å². The number of benzene rings is 1. The lowest BCUT2D eigenvalue weighted by Crippen LogP contribution is -2.01. The standard InChI is InChI=1S/C17H20N2O2/c1-3-18-16-12-11-14-13(7-5-9-15(14)19-16)8-6-10-17(20)21-4-2/h5-9,11-12H,3-4,10H2,1-2H3,(H,18,19)/b8-6+. The van der Waals surface area contributed by atoms with E-state index in [2.05, 4.69) is 10.3 Å². The van der Waals surface area contributed by atoms with E-state index in [1.807, 2.05) is 49.4 Å². The van der Waals surface area contributed by atoms with Gasteiger partial charge in [-0.1, -0.05) is 24.3 Å². The van der Waals surface area contributed by atoms with E-state index in [1.165, 1.54) is 0 Å². The third-order valence-corrected chi connectivity index (χ3v) is 3.01. The minimum absolute atomic E-state index is 0.207. The van der Waals surface area contributed by atoms with Crippen molar-refractivity contribution in [1.82, 2.24) is 4.98 Å². The third kappa shape index (κ3) is 4.05. The first-order valence-corrected chi connectivity index (χ1v) is 7.20. The number of carbonyl (C=O) groups is 1. The van der Waals surface area contributed by atoms with E-state index in [0.717, 1.165) is 28.8 Å². The molecular formula is C17H20N2O2. The fraction of sp³-hybridized carbons (Fsp3) is 0.294. The molecule has 1 N–H and O–H groups in total. The van der Waals surface area contributed by atoms with Crippen molar-refractivity contribution in [2.75, 3.05) is 18.5 Å². The highest BCUT2D eigenvalue weighted by Gasteiger charge is 2.02. The van der Waals surface area contributed by atoms with Crippen molar-refractivity contribution in [3.63, 3.8) is 0 Å². The van der Waals surface area contributed by atoms with Crippen molar-refractivity contribution >= 4 is 28.8 Å². The molecule has 0 atom stereocenters. The summed E-state index contributed by atoms with van der Waals surface area (Å²) in [6.45, 7) is 5.11. The van der Waals surface area contributed by atoms with Crippen LogP contribution in [0.5, 0.6) is 0 Å². The smallest absolute Gasteiger partial charge is 0.309 e. The third-order valence-electron chi connectivity index (χ3n) is 3.01. The van der Waals surface area contributed by atoms with Crippen molar-refractivity contribution in [3.8, 4) is 0 Å². The van der Waals surface area contributed by atoms with Gasteiger partial charge in [-0.25, -0.2) is 4.98 Å². The Morgan fingerprint density at radius 1 is 1.29 bits per heavy atom. The molecule has 0 radical (unpaired) electrons. The summed E-state index contributed by atoms with van der Waals surface area (Å²) in [7, 11) is 0. The lowest BCUT2D eigenvalue weighted by molar-refractivity contribution is -0.142. The zero-order chi connectivity index (χ0) is 15.1. The molecule has 0 unspecified atom stereocenters. The molecule has 0 saturated carbocycles. The van der Waals surface area contributed by atoms with E-state index in [-0.39, 0.29) is 12.4 Å². The minimum atomic E-state index is -0.207. The number of aromatic nitrogens is 1. The van der Waals surface area contributed by atoms with Gasteiger partial charge in [-0.3, -0.25) is 4.79 Å². The van der Waals surface area contributed by atoms with Gasteiger partial charge in [-0.15, -0.1) is 0 Å². The molecule has 0 amide bonds. The second kappa shape index (κ2) is 7.43. The molecule has 1 heterocycles. The van der Waals surface area contributed by atoms with Crippen LogP contribution in [0, 0.1) is 0 Å². The Balaban J connectivity index is 2.20. The Bertz CT molecular complexity index is 650. The molecule has 0 aliphatic rings. The zero-order valence-corrected chi connectivity index (χ0v) is 12.4. The van der Waals surface area contributed by atoms with Crippen LogP contribution in [0.15, 0.2) is 36.4 Å². The molecule has 2 rings (SSSR count). The molecule has 0 saturated heterocycles. The molecule has 1 aromatic carbocycles. The van der Waals surface area contributed by atoms with Crippen LogP contribution in [0.2, 0.25) is 0 Å². The summed E-state index contributed by atoms with van der Waals surface area (Å²) in [5.41, 5.74) is 1.99. The van der Waals surface area contributed by atoms with E-state index in [4.69, 9.17) is 4.74 Å². The van der Waals surface area contributed by atoms with Gasteiger partial charge in [0.05, 0.1) is 18.5 Å². The van der Waals surface area contributed by atoms with Gasteiger partial charge in [0.15, 0.2) is 0 Å². The lowest BCUT2D eigenvalue weighted by atomic mass is 10.1. The number of hydrogen-bond donors (Lipinski definition) is 1. The number of hydrogen-bond acceptors (Lipinski definition) is 4. The highest BCUT2D eigenvalue weighted by atomic mass is 16.5. The van der Waals surface area contributed by atoms with Gasteiger partial charge in [-0.05, 0) is 37.6 Å². The number of fused-ring (bicyclic) bond motifs is 1. The number of ether oxygens (including phenoxy) is 1. The summed E-state index contributed by atoms with van der Waals surface area (Å²) in [6, 6.07) is 9.98. The molecule has 0 aliphatic heterocycles. The summed E-state index contributed by atoms with van der Waals surface area (Å²) in [5.74, 6) is 0.666. The van der Waals surface area contributed by atoms with E-state index >= 15 is 0 Å². The van der Waals surface area contributed by atoms with Gasteiger partial charge in [-0.2, -0.15) is 0 Å². The first kappa shape index (κ1) is 15.0. The molecule has 4 nitrogen and oxygen atoms in total. The first-order valence-electron chi connectivity index (χ1n) is 7.20. The maximum Gasteiger partial charge on any atom is 0.309 e. The fourth-order valence-electron chi connectivity index (χ4n) is 2.11. The van der Waals surface area contributed by atoms with Crippen LogP contribution in [0.3, 0.4) is 0 Å². The number of rotatable bonds is 6.